The fourth-order valence-electron chi connectivity index (χ4n) is 1.86. The summed E-state index contributed by atoms with van der Waals surface area (Å²) in [6.07, 6.45) is 7.07. The van der Waals surface area contributed by atoms with Gasteiger partial charge in [-0.3, -0.25) is 4.79 Å². The molecule has 2 N–H and O–H groups in total. The van der Waals surface area contributed by atoms with E-state index in [1.807, 2.05) is 0 Å². The second kappa shape index (κ2) is 6.83. The van der Waals surface area contributed by atoms with E-state index in [2.05, 4.69) is 26.1 Å². The summed E-state index contributed by atoms with van der Waals surface area (Å²) in [5.74, 6) is -0.833. The van der Waals surface area contributed by atoms with Crippen molar-refractivity contribution < 1.29 is 9.90 Å². The van der Waals surface area contributed by atoms with Gasteiger partial charge in [0.05, 0.1) is 0 Å². The summed E-state index contributed by atoms with van der Waals surface area (Å²) in [4.78, 5) is 9.00. The Kier molecular flexibility index (Phi) is 6.57. The number of hydrogen-bond donors (Lipinski definition) is 2. The molecular weight excluding hydrogens is 190 g/mol. The molecule has 1 aliphatic carbocycles. The normalized spacial score (nSPS) is 17.9. The highest BCUT2D eigenvalue weighted by Crippen LogP contribution is 2.19. The third-order valence-corrected chi connectivity index (χ3v) is 2.24. The van der Waals surface area contributed by atoms with E-state index in [0.717, 1.165) is 13.0 Å². The van der Waals surface area contributed by atoms with Crippen LogP contribution in [-0.4, -0.2) is 22.7 Å². The summed E-state index contributed by atoms with van der Waals surface area (Å²) in [5, 5.41) is 11.1. The van der Waals surface area contributed by atoms with E-state index >= 15 is 0 Å². The first-order valence-electron chi connectivity index (χ1n) is 5.78. The lowest BCUT2D eigenvalue weighted by atomic mass is 9.93. The maximum absolute atomic E-state index is 9.00. The van der Waals surface area contributed by atoms with E-state index in [1.54, 1.807) is 0 Å². The number of hydrogen-bond acceptors (Lipinski definition) is 2. The van der Waals surface area contributed by atoms with Gasteiger partial charge in [-0.05, 0) is 33.6 Å². The lowest BCUT2D eigenvalue weighted by Crippen LogP contribution is -2.44. The largest absolute Gasteiger partial charge is 0.481 e. The number of carboxylic acids is 1. The molecule has 0 heterocycles. The molecule has 0 aromatic rings. The molecule has 0 unspecified atom stereocenters. The summed E-state index contributed by atoms with van der Waals surface area (Å²) in [6.45, 7) is 7.84. The Labute approximate surface area is 93.3 Å². The van der Waals surface area contributed by atoms with Crippen molar-refractivity contribution in [2.75, 3.05) is 0 Å². The third-order valence-electron chi connectivity index (χ3n) is 2.24. The van der Waals surface area contributed by atoms with Gasteiger partial charge in [-0.1, -0.05) is 19.3 Å². The second-order valence-electron chi connectivity index (χ2n) is 5.25. The van der Waals surface area contributed by atoms with Crippen molar-refractivity contribution in [3.8, 4) is 0 Å². The summed E-state index contributed by atoms with van der Waals surface area (Å²) in [7, 11) is 0. The fourth-order valence-corrected chi connectivity index (χ4v) is 1.86. The maximum atomic E-state index is 9.00. The quantitative estimate of drug-likeness (QED) is 0.707. The monoisotopic (exact) mass is 215 g/mol. The van der Waals surface area contributed by atoms with Crippen LogP contribution in [0.3, 0.4) is 0 Å². The number of aliphatic carboxylic acids is 1. The zero-order valence-electron chi connectivity index (χ0n) is 10.5. The Balaban J connectivity index is 0.000000423. The van der Waals surface area contributed by atoms with Gasteiger partial charge in [0, 0.05) is 18.5 Å². The van der Waals surface area contributed by atoms with E-state index in [1.165, 1.54) is 32.1 Å². The lowest BCUT2D eigenvalue weighted by Gasteiger charge is -2.31. The molecule has 3 nitrogen and oxygen atoms in total. The Morgan fingerprint density at radius 1 is 1.20 bits per heavy atom. The van der Waals surface area contributed by atoms with Gasteiger partial charge in [0.15, 0.2) is 0 Å². The molecule has 0 bridgehead atoms. The first-order valence-corrected chi connectivity index (χ1v) is 5.78. The van der Waals surface area contributed by atoms with Crippen LogP contribution in [0.2, 0.25) is 0 Å². The molecular formula is C12H25NO2. The Hall–Kier alpha value is -0.570. The van der Waals surface area contributed by atoms with Gasteiger partial charge in [0.1, 0.15) is 0 Å². The molecule has 15 heavy (non-hydrogen) atoms. The van der Waals surface area contributed by atoms with Crippen LogP contribution in [0.5, 0.6) is 0 Å². The highest BCUT2D eigenvalue weighted by molar-refractivity contribution is 5.62. The zero-order valence-corrected chi connectivity index (χ0v) is 10.5. The molecule has 1 saturated carbocycles. The van der Waals surface area contributed by atoms with Gasteiger partial charge in [-0.2, -0.15) is 0 Å². The SMILES string of the molecule is CC(=O)O.CC(C)(C)NC1CCCCC1. The molecule has 1 aliphatic rings. The van der Waals surface area contributed by atoms with Crippen molar-refractivity contribution in [2.45, 2.75) is 71.4 Å². The maximum Gasteiger partial charge on any atom is 0.300 e. The van der Waals surface area contributed by atoms with Crippen molar-refractivity contribution in [3.05, 3.63) is 0 Å². The van der Waals surface area contributed by atoms with Crippen molar-refractivity contribution in [1.29, 1.82) is 0 Å². The van der Waals surface area contributed by atoms with Crippen LogP contribution in [0.25, 0.3) is 0 Å². The van der Waals surface area contributed by atoms with Crippen LogP contribution < -0.4 is 5.32 Å². The van der Waals surface area contributed by atoms with Crippen LogP contribution in [0.15, 0.2) is 0 Å². The Bertz CT molecular complexity index is 175. The topological polar surface area (TPSA) is 49.3 Å². The predicted octanol–water partition coefficient (Wildman–Crippen LogP) is 2.80. The second-order valence-corrected chi connectivity index (χ2v) is 5.25. The van der Waals surface area contributed by atoms with Crippen LogP contribution in [0, 0.1) is 0 Å². The van der Waals surface area contributed by atoms with Gasteiger partial charge in [0.25, 0.3) is 5.97 Å². The molecule has 0 aliphatic heterocycles. The van der Waals surface area contributed by atoms with E-state index in [4.69, 9.17) is 9.90 Å². The van der Waals surface area contributed by atoms with Crippen molar-refractivity contribution in [1.82, 2.24) is 5.32 Å². The van der Waals surface area contributed by atoms with Gasteiger partial charge >= 0.3 is 0 Å². The molecule has 0 spiro atoms. The first-order chi connectivity index (χ1) is 6.81. The van der Waals surface area contributed by atoms with Gasteiger partial charge < -0.3 is 10.4 Å². The first kappa shape index (κ1) is 14.4. The summed E-state index contributed by atoms with van der Waals surface area (Å²) in [5.41, 5.74) is 0.308. The van der Waals surface area contributed by atoms with Crippen LogP contribution >= 0.6 is 0 Å². The van der Waals surface area contributed by atoms with Crippen molar-refractivity contribution in [2.24, 2.45) is 0 Å². The average molecular weight is 215 g/mol. The fraction of sp³-hybridized carbons (Fsp3) is 0.917. The molecule has 0 amide bonds. The van der Waals surface area contributed by atoms with Crippen LogP contribution in [0.4, 0.5) is 0 Å². The van der Waals surface area contributed by atoms with Gasteiger partial charge in [-0.15, -0.1) is 0 Å². The Morgan fingerprint density at radius 3 is 1.93 bits per heavy atom. The highest BCUT2D eigenvalue weighted by atomic mass is 16.4. The molecule has 0 atom stereocenters. The van der Waals surface area contributed by atoms with Crippen LogP contribution in [0.1, 0.15) is 59.8 Å². The summed E-state index contributed by atoms with van der Waals surface area (Å²) >= 11 is 0. The lowest BCUT2D eigenvalue weighted by molar-refractivity contribution is -0.134. The van der Waals surface area contributed by atoms with Gasteiger partial charge in [0.2, 0.25) is 0 Å². The zero-order chi connectivity index (χ0) is 11.9. The predicted molar refractivity (Wildman–Crippen MR) is 63.1 cm³/mol. The van der Waals surface area contributed by atoms with E-state index < -0.39 is 5.97 Å². The minimum atomic E-state index is -0.833. The van der Waals surface area contributed by atoms with Crippen molar-refractivity contribution in [3.63, 3.8) is 0 Å². The molecule has 1 fully saturated rings. The van der Waals surface area contributed by atoms with Gasteiger partial charge in [-0.25, -0.2) is 0 Å². The standard InChI is InChI=1S/C10H21N.C2H4O2/c1-10(2,3)11-9-7-5-4-6-8-9;1-2(3)4/h9,11H,4-8H2,1-3H3;1H3,(H,3,4). The summed E-state index contributed by atoms with van der Waals surface area (Å²) in [6, 6.07) is 0.795. The highest BCUT2D eigenvalue weighted by Gasteiger charge is 2.18. The molecule has 0 saturated heterocycles. The summed E-state index contributed by atoms with van der Waals surface area (Å²) < 4.78 is 0. The number of carbonyl (C=O) groups is 1. The Morgan fingerprint density at radius 2 is 1.60 bits per heavy atom. The van der Waals surface area contributed by atoms with E-state index in [-0.39, 0.29) is 0 Å². The molecule has 90 valence electrons. The van der Waals surface area contributed by atoms with Crippen molar-refractivity contribution >= 4 is 5.97 Å². The van der Waals surface area contributed by atoms with E-state index in [9.17, 15) is 0 Å². The smallest absolute Gasteiger partial charge is 0.300 e. The average Bonchev–Trinajstić information content (AvgIpc) is 2.01. The molecule has 3 heteroatoms. The molecule has 1 rings (SSSR count). The molecule has 0 aromatic heterocycles. The molecule has 0 radical (unpaired) electrons. The molecule has 0 aromatic carbocycles. The van der Waals surface area contributed by atoms with Crippen LogP contribution in [-0.2, 0) is 4.79 Å². The third kappa shape index (κ3) is 11.4. The number of carboxylic acid groups (broad SMARTS) is 1. The number of rotatable bonds is 1. The van der Waals surface area contributed by atoms with E-state index in [0.29, 0.717) is 5.54 Å². The number of nitrogens with one attached hydrogen (secondary N) is 1. The minimum Gasteiger partial charge on any atom is -0.481 e. The minimum absolute atomic E-state index is 0.308.